The minimum Gasteiger partial charge on any atom is -0.490 e. The molecule has 2 aromatic rings. The van der Waals surface area contributed by atoms with Gasteiger partial charge in [-0.2, -0.15) is 0 Å². The van der Waals surface area contributed by atoms with Crippen molar-refractivity contribution < 1.29 is 9.53 Å². The fourth-order valence-corrected chi connectivity index (χ4v) is 2.18. The molecule has 20 heavy (non-hydrogen) atoms. The summed E-state index contributed by atoms with van der Waals surface area (Å²) in [6.45, 7) is 1.98. The van der Waals surface area contributed by atoms with Crippen molar-refractivity contribution in [2.75, 3.05) is 0 Å². The van der Waals surface area contributed by atoms with Crippen molar-refractivity contribution in [3.63, 3.8) is 0 Å². The maximum atomic E-state index is 10.6. The van der Waals surface area contributed by atoms with E-state index in [2.05, 4.69) is 0 Å². The van der Waals surface area contributed by atoms with Crippen LogP contribution >= 0.6 is 23.2 Å². The third-order valence-electron chi connectivity index (χ3n) is 2.87. The Kier molecular flexibility index (Phi) is 5.05. The molecular weight excluding hydrogens is 295 g/mol. The van der Waals surface area contributed by atoms with Crippen molar-refractivity contribution in [3.05, 3.63) is 63.6 Å². The van der Waals surface area contributed by atoms with Gasteiger partial charge in [-0.3, -0.25) is 4.79 Å². The standard InChI is InChI=1S/C16H14Cl2O2/c1-11(8-12-2-4-13(10-19)5-3-12)20-14-6-7-15(17)16(18)9-14/h2-7,9-11H,8H2,1H3. The Morgan fingerprint density at radius 2 is 1.80 bits per heavy atom. The molecule has 0 radical (unpaired) electrons. The van der Waals surface area contributed by atoms with Gasteiger partial charge in [0.1, 0.15) is 12.0 Å². The second-order valence-electron chi connectivity index (χ2n) is 4.57. The number of rotatable bonds is 5. The van der Waals surface area contributed by atoms with Gasteiger partial charge in [0.05, 0.1) is 16.1 Å². The van der Waals surface area contributed by atoms with Gasteiger partial charge in [-0.1, -0.05) is 47.5 Å². The molecule has 104 valence electrons. The molecule has 0 heterocycles. The van der Waals surface area contributed by atoms with E-state index in [4.69, 9.17) is 27.9 Å². The number of aldehydes is 1. The highest BCUT2D eigenvalue weighted by atomic mass is 35.5. The quantitative estimate of drug-likeness (QED) is 0.740. The van der Waals surface area contributed by atoms with Gasteiger partial charge in [0, 0.05) is 18.1 Å². The summed E-state index contributed by atoms with van der Waals surface area (Å²) in [7, 11) is 0. The van der Waals surface area contributed by atoms with Gasteiger partial charge in [-0.15, -0.1) is 0 Å². The molecule has 0 N–H and O–H groups in total. The van der Waals surface area contributed by atoms with E-state index in [0.29, 0.717) is 21.4 Å². The minimum absolute atomic E-state index is 0.00526. The molecule has 1 atom stereocenters. The van der Waals surface area contributed by atoms with Gasteiger partial charge < -0.3 is 4.74 Å². The Morgan fingerprint density at radius 3 is 2.40 bits per heavy atom. The summed E-state index contributed by atoms with van der Waals surface area (Å²) < 4.78 is 5.80. The van der Waals surface area contributed by atoms with Gasteiger partial charge >= 0.3 is 0 Å². The molecule has 0 saturated carbocycles. The summed E-state index contributed by atoms with van der Waals surface area (Å²) >= 11 is 11.8. The summed E-state index contributed by atoms with van der Waals surface area (Å²) in [5.74, 6) is 0.691. The zero-order valence-corrected chi connectivity index (χ0v) is 12.5. The van der Waals surface area contributed by atoms with Crippen molar-refractivity contribution in [1.29, 1.82) is 0 Å². The Balaban J connectivity index is 1.98. The first kappa shape index (κ1) is 14.9. The zero-order valence-electron chi connectivity index (χ0n) is 11.0. The first-order valence-corrected chi connectivity index (χ1v) is 7.00. The Morgan fingerprint density at radius 1 is 1.10 bits per heavy atom. The number of carbonyl (C=O) groups is 1. The van der Waals surface area contributed by atoms with Crippen LogP contribution in [0.2, 0.25) is 10.0 Å². The second-order valence-corrected chi connectivity index (χ2v) is 5.38. The third-order valence-corrected chi connectivity index (χ3v) is 3.61. The lowest BCUT2D eigenvalue weighted by Crippen LogP contribution is -2.15. The fraction of sp³-hybridized carbons (Fsp3) is 0.188. The average Bonchev–Trinajstić information content (AvgIpc) is 2.44. The summed E-state index contributed by atoms with van der Waals surface area (Å²) in [4.78, 5) is 10.6. The molecule has 0 aliphatic rings. The predicted molar refractivity (Wildman–Crippen MR) is 82.1 cm³/mol. The van der Waals surface area contributed by atoms with E-state index in [1.54, 1.807) is 30.3 Å². The van der Waals surface area contributed by atoms with Gasteiger partial charge in [-0.25, -0.2) is 0 Å². The number of hydrogen-bond donors (Lipinski definition) is 0. The van der Waals surface area contributed by atoms with Crippen molar-refractivity contribution in [3.8, 4) is 5.75 Å². The molecule has 0 aliphatic heterocycles. The van der Waals surface area contributed by atoms with E-state index in [0.717, 1.165) is 18.3 Å². The van der Waals surface area contributed by atoms with E-state index >= 15 is 0 Å². The number of ether oxygens (including phenoxy) is 1. The maximum Gasteiger partial charge on any atom is 0.150 e. The summed E-state index contributed by atoms with van der Waals surface area (Å²) in [6.07, 6.45) is 1.58. The van der Waals surface area contributed by atoms with Gasteiger partial charge in [0.25, 0.3) is 0 Å². The summed E-state index contributed by atoms with van der Waals surface area (Å²) in [5.41, 5.74) is 1.79. The molecule has 0 aromatic heterocycles. The molecule has 0 bridgehead atoms. The van der Waals surface area contributed by atoms with Crippen LogP contribution in [0.3, 0.4) is 0 Å². The lowest BCUT2D eigenvalue weighted by molar-refractivity contribution is 0.112. The lowest BCUT2D eigenvalue weighted by atomic mass is 10.1. The van der Waals surface area contributed by atoms with Crippen LogP contribution in [0.15, 0.2) is 42.5 Å². The lowest BCUT2D eigenvalue weighted by Gasteiger charge is -2.15. The molecule has 2 rings (SSSR count). The van der Waals surface area contributed by atoms with Crippen molar-refractivity contribution in [1.82, 2.24) is 0 Å². The van der Waals surface area contributed by atoms with Crippen LogP contribution in [0.5, 0.6) is 5.75 Å². The number of carbonyl (C=O) groups excluding carboxylic acids is 1. The van der Waals surface area contributed by atoms with E-state index < -0.39 is 0 Å². The first-order valence-electron chi connectivity index (χ1n) is 6.24. The van der Waals surface area contributed by atoms with Gasteiger partial charge in [0.15, 0.2) is 0 Å². The monoisotopic (exact) mass is 308 g/mol. The fourth-order valence-electron chi connectivity index (χ4n) is 1.89. The normalized spacial score (nSPS) is 11.9. The molecular formula is C16H14Cl2O2. The van der Waals surface area contributed by atoms with Crippen molar-refractivity contribution >= 4 is 29.5 Å². The smallest absolute Gasteiger partial charge is 0.150 e. The van der Waals surface area contributed by atoms with Crippen LogP contribution < -0.4 is 4.74 Å². The molecule has 0 spiro atoms. The maximum absolute atomic E-state index is 10.6. The average molecular weight is 309 g/mol. The van der Waals surface area contributed by atoms with Crippen molar-refractivity contribution in [2.24, 2.45) is 0 Å². The van der Waals surface area contributed by atoms with Gasteiger partial charge in [0.2, 0.25) is 0 Å². The Hall–Kier alpha value is -1.51. The molecule has 1 unspecified atom stereocenters. The molecule has 0 amide bonds. The highest BCUT2D eigenvalue weighted by Crippen LogP contribution is 2.27. The van der Waals surface area contributed by atoms with E-state index in [1.165, 1.54) is 0 Å². The summed E-state index contributed by atoms with van der Waals surface area (Å²) in [5, 5.41) is 0.989. The van der Waals surface area contributed by atoms with Crippen LogP contribution in [-0.2, 0) is 6.42 Å². The molecule has 4 heteroatoms. The summed E-state index contributed by atoms with van der Waals surface area (Å²) in [6, 6.07) is 12.7. The van der Waals surface area contributed by atoms with Crippen LogP contribution in [-0.4, -0.2) is 12.4 Å². The number of benzene rings is 2. The van der Waals surface area contributed by atoms with Crippen molar-refractivity contribution in [2.45, 2.75) is 19.4 Å². The van der Waals surface area contributed by atoms with E-state index in [1.807, 2.05) is 19.1 Å². The predicted octanol–water partition coefficient (Wildman–Crippen LogP) is 4.82. The second kappa shape index (κ2) is 6.78. The van der Waals surface area contributed by atoms with Gasteiger partial charge in [-0.05, 0) is 24.6 Å². The molecule has 0 saturated heterocycles. The molecule has 2 aromatic carbocycles. The zero-order chi connectivity index (χ0) is 14.5. The number of hydrogen-bond acceptors (Lipinski definition) is 2. The molecule has 2 nitrogen and oxygen atoms in total. The van der Waals surface area contributed by atoms with Crippen LogP contribution in [0, 0.1) is 0 Å². The van der Waals surface area contributed by atoms with E-state index in [-0.39, 0.29) is 6.10 Å². The molecule has 0 fully saturated rings. The minimum atomic E-state index is -0.00526. The highest BCUT2D eigenvalue weighted by Gasteiger charge is 2.07. The van der Waals surface area contributed by atoms with Crippen LogP contribution in [0.1, 0.15) is 22.8 Å². The third kappa shape index (κ3) is 3.99. The van der Waals surface area contributed by atoms with Crippen LogP contribution in [0.25, 0.3) is 0 Å². The van der Waals surface area contributed by atoms with Crippen LogP contribution in [0.4, 0.5) is 0 Å². The largest absolute Gasteiger partial charge is 0.490 e. The first-order chi connectivity index (χ1) is 9.58. The highest BCUT2D eigenvalue weighted by molar-refractivity contribution is 6.42. The topological polar surface area (TPSA) is 26.3 Å². The Labute approximate surface area is 128 Å². The molecule has 0 aliphatic carbocycles. The number of halogens is 2. The Bertz CT molecular complexity index is 594. The SMILES string of the molecule is CC(Cc1ccc(C=O)cc1)Oc1ccc(Cl)c(Cl)c1. The van der Waals surface area contributed by atoms with E-state index in [9.17, 15) is 4.79 Å².